The van der Waals surface area contributed by atoms with E-state index in [-0.39, 0.29) is 5.15 Å². The zero-order valence-corrected chi connectivity index (χ0v) is 9.55. The van der Waals surface area contributed by atoms with Gasteiger partial charge < -0.3 is 0 Å². The lowest BCUT2D eigenvalue weighted by molar-refractivity contribution is 0.112. The summed E-state index contributed by atoms with van der Waals surface area (Å²) < 4.78 is 1.84. The van der Waals surface area contributed by atoms with Crippen molar-refractivity contribution in [2.24, 2.45) is 0 Å². The number of carbonyl (C=O) groups excluding carboxylic acids is 1. The number of carbonyl (C=O) groups is 1. The summed E-state index contributed by atoms with van der Waals surface area (Å²) in [6.45, 7) is 2.01. The van der Waals surface area contributed by atoms with Gasteiger partial charge in [-0.05, 0) is 0 Å². The first-order valence-electron chi connectivity index (χ1n) is 4.40. The van der Waals surface area contributed by atoms with E-state index in [2.05, 4.69) is 9.97 Å². The number of halogens is 1. The Kier molecular flexibility index (Phi) is 2.83. The summed E-state index contributed by atoms with van der Waals surface area (Å²) in [5.41, 5.74) is 0. The molecule has 0 atom stereocenters. The average Bonchev–Trinajstić information content (AvgIpc) is 2.82. The van der Waals surface area contributed by atoms with Crippen LogP contribution in [0.15, 0.2) is 12.4 Å². The molecule has 0 N–H and O–H groups in total. The fourth-order valence-electron chi connectivity index (χ4n) is 1.25. The molecule has 6 heteroatoms. The van der Waals surface area contributed by atoms with Gasteiger partial charge in [-0.1, -0.05) is 29.9 Å². The van der Waals surface area contributed by atoms with Gasteiger partial charge in [0.2, 0.25) is 0 Å². The fraction of sp³-hybridized carbons (Fsp3) is 0.222. The van der Waals surface area contributed by atoms with Crippen LogP contribution in [0.5, 0.6) is 0 Å². The third-order valence-corrected chi connectivity index (χ3v) is 3.33. The molecule has 0 aliphatic rings. The van der Waals surface area contributed by atoms with E-state index in [1.54, 1.807) is 6.20 Å². The number of thiazole rings is 1. The quantitative estimate of drug-likeness (QED) is 0.775. The molecule has 0 unspecified atom stereocenters. The van der Waals surface area contributed by atoms with Crippen molar-refractivity contribution >= 4 is 29.2 Å². The third kappa shape index (κ3) is 1.80. The molecule has 0 aliphatic carbocycles. The molecule has 0 bridgehead atoms. The number of hydrogen-bond donors (Lipinski definition) is 0. The molecule has 2 aromatic heterocycles. The van der Waals surface area contributed by atoms with E-state index in [0.29, 0.717) is 16.3 Å². The molecule has 0 amide bonds. The van der Waals surface area contributed by atoms with Gasteiger partial charge in [-0.15, -0.1) is 0 Å². The second-order valence-electron chi connectivity index (χ2n) is 2.84. The third-order valence-electron chi connectivity index (χ3n) is 1.95. The lowest BCUT2D eigenvalue weighted by atomic mass is 10.5. The van der Waals surface area contributed by atoms with Gasteiger partial charge in [-0.25, -0.2) is 9.97 Å². The van der Waals surface area contributed by atoms with Crippen LogP contribution in [0.25, 0.3) is 5.13 Å². The summed E-state index contributed by atoms with van der Waals surface area (Å²) in [6, 6.07) is 0. The maximum absolute atomic E-state index is 10.6. The lowest BCUT2D eigenvalue weighted by Crippen LogP contribution is -1.97. The van der Waals surface area contributed by atoms with Crippen molar-refractivity contribution in [2.75, 3.05) is 0 Å². The molecule has 0 radical (unpaired) electrons. The monoisotopic (exact) mass is 241 g/mol. The van der Waals surface area contributed by atoms with E-state index in [0.717, 1.165) is 12.2 Å². The van der Waals surface area contributed by atoms with Crippen molar-refractivity contribution in [3.63, 3.8) is 0 Å². The van der Waals surface area contributed by atoms with Crippen LogP contribution < -0.4 is 0 Å². The first-order valence-corrected chi connectivity index (χ1v) is 5.59. The maximum Gasteiger partial charge on any atom is 0.197 e. The number of imidazole rings is 1. The highest BCUT2D eigenvalue weighted by atomic mass is 35.5. The van der Waals surface area contributed by atoms with Crippen LogP contribution in [0.1, 0.15) is 22.4 Å². The van der Waals surface area contributed by atoms with Crippen LogP contribution in [-0.2, 0) is 6.42 Å². The van der Waals surface area contributed by atoms with Crippen LogP contribution in [0.2, 0.25) is 5.15 Å². The molecule has 0 fully saturated rings. The number of aromatic nitrogens is 3. The Morgan fingerprint density at radius 2 is 2.47 bits per heavy atom. The Morgan fingerprint density at radius 3 is 3.07 bits per heavy atom. The predicted molar refractivity (Wildman–Crippen MR) is 59.0 cm³/mol. The minimum Gasteiger partial charge on any atom is -0.297 e. The fourth-order valence-corrected chi connectivity index (χ4v) is 2.31. The van der Waals surface area contributed by atoms with Gasteiger partial charge in [0.25, 0.3) is 0 Å². The van der Waals surface area contributed by atoms with Gasteiger partial charge in [-0.2, -0.15) is 0 Å². The number of nitrogens with zero attached hydrogens (tertiary/aromatic N) is 3. The van der Waals surface area contributed by atoms with E-state index in [1.165, 1.54) is 11.3 Å². The van der Waals surface area contributed by atoms with Crippen LogP contribution in [0.3, 0.4) is 0 Å². The lowest BCUT2D eigenvalue weighted by Gasteiger charge is -1.99. The Morgan fingerprint density at radius 1 is 1.67 bits per heavy atom. The molecular weight excluding hydrogens is 234 g/mol. The highest BCUT2D eigenvalue weighted by molar-refractivity contribution is 7.16. The highest BCUT2D eigenvalue weighted by Gasteiger charge is 2.11. The molecule has 4 nitrogen and oxygen atoms in total. The van der Waals surface area contributed by atoms with Crippen molar-refractivity contribution < 1.29 is 4.79 Å². The first-order chi connectivity index (χ1) is 7.26. The Balaban J connectivity index is 2.49. The smallest absolute Gasteiger partial charge is 0.197 e. The summed E-state index contributed by atoms with van der Waals surface area (Å²) in [4.78, 5) is 19.4. The SMILES string of the molecule is CCc1nccn1-c1nc(Cl)c(C=O)s1. The molecule has 0 saturated carbocycles. The van der Waals surface area contributed by atoms with Crippen LogP contribution in [0.4, 0.5) is 0 Å². The summed E-state index contributed by atoms with van der Waals surface area (Å²) in [5, 5.41) is 0.928. The van der Waals surface area contributed by atoms with Crippen molar-refractivity contribution in [1.82, 2.24) is 14.5 Å². The van der Waals surface area contributed by atoms with Gasteiger partial charge >= 0.3 is 0 Å². The second-order valence-corrected chi connectivity index (χ2v) is 4.20. The summed E-state index contributed by atoms with van der Waals surface area (Å²) in [6.07, 6.45) is 5.03. The second kappa shape index (κ2) is 4.12. The molecule has 2 heterocycles. The summed E-state index contributed by atoms with van der Waals surface area (Å²) >= 11 is 7.05. The van der Waals surface area contributed by atoms with E-state index in [4.69, 9.17) is 11.6 Å². The Bertz CT molecular complexity index is 491. The normalized spacial score (nSPS) is 10.5. The molecule has 2 aromatic rings. The maximum atomic E-state index is 10.6. The molecule has 0 saturated heterocycles. The van der Waals surface area contributed by atoms with Crippen LogP contribution in [0, 0.1) is 0 Å². The van der Waals surface area contributed by atoms with E-state index in [9.17, 15) is 4.79 Å². The van der Waals surface area contributed by atoms with Crippen molar-refractivity contribution in [3.05, 3.63) is 28.2 Å². The van der Waals surface area contributed by atoms with Crippen LogP contribution in [-0.4, -0.2) is 20.8 Å². The number of aldehydes is 1. The molecule has 2 rings (SSSR count). The average molecular weight is 242 g/mol. The molecule has 0 aliphatic heterocycles. The minimum absolute atomic E-state index is 0.251. The summed E-state index contributed by atoms with van der Waals surface area (Å²) in [5.74, 6) is 0.901. The number of hydrogen-bond acceptors (Lipinski definition) is 4. The van der Waals surface area contributed by atoms with Crippen molar-refractivity contribution in [1.29, 1.82) is 0 Å². The highest BCUT2D eigenvalue weighted by Crippen LogP contribution is 2.24. The number of rotatable bonds is 3. The largest absolute Gasteiger partial charge is 0.297 e. The van der Waals surface area contributed by atoms with Gasteiger partial charge in [0.1, 0.15) is 10.7 Å². The van der Waals surface area contributed by atoms with Gasteiger partial charge in [-0.3, -0.25) is 9.36 Å². The zero-order chi connectivity index (χ0) is 10.8. The number of aryl methyl sites for hydroxylation is 1. The van der Waals surface area contributed by atoms with Gasteiger partial charge in [0.05, 0.1) is 0 Å². The van der Waals surface area contributed by atoms with Gasteiger partial charge in [0.15, 0.2) is 16.6 Å². The zero-order valence-electron chi connectivity index (χ0n) is 7.98. The summed E-state index contributed by atoms with van der Waals surface area (Å²) in [7, 11) is 0. The van der Waals surface area contributed by atoms with Gasteiger partial charge in [0, 0.05) is 18.8 Å². The first kappa shape index (κ1) is 10.3. The standard InChI is InChI=1S/C9H8ClN3OS/c1-2-7-11-3-4-13(7)9-12-8(10)6(5-14)15-9/h3-5H,2H2,1H3. The van der Waals surface area contributed by atoms with Crippen LogP contribution >= 0.6 is 22.9 Å². The predicted octanol–water partition coefficient (Wildman–Crippen LogP) is 2.36. The molecule has 15 heavy (non-hydrogen) atoms. The molecule has 0 spiro atoms. The van der Waals surface area contributed by atoms with E-state index < -0.39 is 0 Å². The Labute approximate surface area is 95.5 Å². The molecule has 0 aromatic carbocycles. The Hall–Kier alpha value is -1.20. The molecular formula is C9H8ClN3OS. The van der Waals surface area contributed by atoms with E-state index >= 15 is 0 Å². The van der Waals surface area contributed by atoms with Crippen molar-refractivity contribution in [2.45, 2.75) is 13.3 Å². The molecule has 78 valence electrons. The van der Waals surface area contributed by atoms with Crippen molar-refractivity contribution in [3.8, 4) is 5.13 Å². The minimum atomic E-state index is 0.251. The van der Waals surface area contributed by atoms with E-state index in [1.807, 2.05) is 17.7 Å². The topological polar surface area (TPSA) is 47.8 Å².